The van der Waals surface area contributed by atoms with Crippen molar-refractivity contribution in [3.05, 3.63) is 52.3 Å². The standard InChI is InChI=1S/C20H26ClN3O/c1-13(2)18-10-17(22-24(18)20(3,4)5)19(25)23-11-15(12-23)14-6-8-16(21)9-7-14/h6-10,13,15H,11-12H2,1-5H3. The zero-order valence-corrected chi connectivity index (χ0v) is 16.3. The first-order valence-corrected chi connectivity index (χ1v) is 9.20. The van der Waals surface area contributed by atoms with Gasteiger partial charge in [0.1, 0.15) is 0 Å². The molecule has 5 heteroatoms. The Morgan fingerprint density at radius 1 is 1.20 bits per heavy atom. The van der Waals surface area contributed by atoms with E-state index in [2.05, 4.69) is 39.7 Å². The molecule has 0 unspecified atom stereocenters. The summed E-state index contributed by atoms with van der Waals surface area (Å²) in [6.45, 7) is 12.1. The first-order valence-electron chi connectivity index (χ1n) is 8.82. The van der Waals surface area contributed by atoms with E-state index in [1.165, 1.54) is 5.56 Å². The molecule has 4 nitrogen and oxygen atoms in total. The van der Waals surface area contributed by atoms with E-state index in [9.17, 15) is 4.79 Å². The third-order valence-corrected chi connectivity index (χ3v) is 4.95. The summed E-state index contributed by atoms with van der Waals surface area (Å²) in [7, 11) is 0. The van der Waals surface area contributed by atoms with E-state index >= 15 is 0 Å². The van der Waals surface area contributed by atoms with Gasteiger partial charge in [0.25, 0.3) is 5.91 Å². The summed E-state index contributed by atoms with van der Waals surface area (Å²) in [4.78, 5) is 14.7. The van der Waals surface area contributed by atoms with Crippen LogP contribution in [0.5, 0.6) is 0 Å². The Hall–Kier alpha value is -1.81. The van der Waals surface area contributed by atoms with Crippen molar-refractivity contribution in [2.45, 2.75) is 52.0 Å². The predicted octanol–water partition coefficient (Wildman–Crippen LogP) is 4.65. The second-order valence-electron chi connectivity index (χ2n) is 8.15. The Balaban J connectivity index is 1.73. The van der Waals surface area contributed by atoms with E-state index in [4.69, 9.17) is 11.6 Å². The van der Waals surface area contributed by atoms with Crippen LogP contribution in [0.15, 0.2) is 30.3 Å². The van der Waals surface area contributed by atoms with Gasteiger partial charge in [-0.3, -0.25) is 9.48 Å². The second kappa shape index (κ2) is 6.49. The molecule has 0 N–H and O–H groups in total. The van der Waals surface area contributed by atoms with E-state index in [-0.39, 0.29) is 11.4 Å². The molecule has 0 saturated carbocycles. The minimum Gasteiger partial charge on any atom is -0.336 e. The molecular formula is C20H26ClN3O. The van der Waals surface area contributed by atoms with Crippen molar-refractivity contribution >= 4 is 17.5 Å². The van der Waals surface area contributed by atoms with Crippen LogP contribution in [0.2, 0.25) is 5.02 Å². The van der Waals surface area contributed by atoms with Crippen LogP contribution in [0.3, 0.4) is 0 Å². The minimum atomic E-state index is -0.140. The molecule has 0 aliphatic carbocycles. The molecule has 0 spiro atoms. The molecule has 1 amide bonds. The van der Waals surface area contributed by atoms with Crippen molar-refractivity contribution < 1.29 is 4.79 Å². The highest BCUT2D eigenvalue weighted by atomic mass is 35.5. The third-order valence-electron chi connectivity index (χ3n) is 4.69. The van der Waals surface area contributed by atoms with Gasteiger partial charge in [-0.15, -0.1) is 0 Å². The molecule has 0 radical (unpaired) electrons. The molecule has 1 aliphatic rings. The van der Waals surface area contributed by atoms with Gasteiger partial charge in [-0.05, 0) is 50.5 Å². The van der Waals surface area contributed by atoms with Crippen molar-refractivity contribution in [3.63, 3.8) is 0 Å². The molecule has 3 rings (SSSR count). The molecule has 1 aromatic heterocycles. The number of benzene rings is 1. The van der Waals surface area contributed by atoms with Gasteiger partial charge >= 0.3 is 0 Å². The zero-order chi connectivity index (χ0) is 18.4. The van der Waals surface area contributed by atoms with Crippen LogP contribution in [-0.4, -0.2) is 33.7 Å². The molecule has 2 heterocycles. The maximum Gasteiger partial charge on any atom is 0.274 e. The van der Waals surface area contributed by atoms with Gasteiger partial charge in [-0.2, -0.15) is 5.10 Å². The quantitative estimate of drug-likeness (QED) is 0.799. The number of carbonyl (C=O) groups excluding carboxylic acids is 1. The fraction of sp³-hybridized carbons (Fsp3) is 0.500. The van der Waals surface area contributed by atoms with Gasteiger partial charge < -0.3 is 4.90 Å². The van der Waals surface area contributed by atoms with E-state index in [1.54, 1.807) is 0 Å². The monoisotopic (exact) mass is 359 g/mol. The summed E-state index contributed by atoms with van der Waals surface area (Å²) in [5.41, 5.74) is 2.74. The lowest BCUT2D eigenvalue weighted by molar-refractivity contribution is 0.0594. The van der Waals surface area contributed by atoms with Gasteiger partial charge in [0.15, 0.2) is 5.69 Å². The normalized spacial score (nSPS) is 15.6. The SMILES string of the molecule is CC(C)c1cc(C(=O)N2CC(c3ccc(Cl)cc3)C2)nn1C(C)(C)C. The largest absolute Gasteiger partial charge is 0.336 e. The van der Waals surface area contributed by atoms with Crippen LogP contribution in [-0.2, 0) is 5.54 Å². The number of rotatable bonds is 3. The van der Waals surface area contributed by atoms with Crippen molar-refractivity contribution in [1.29, 1.82) is 0 Å². The Labute approximate surface area is 154 Å². The van der Waals surface area contributed by atoms with E-state index in [0.29, 0.717) is 17.5 Å². The van der Waals surface area contributed by atoms with Crippen molar-refractivity contribution in [2.24, 2.45) is 0 Å². The summed E-state index contributed by atoms with van der Waals surface area (Å²) in [6.07, 6.45) is 0. The number of halogens is 1. The van der Waals surface area contributed by atoms with Crippen LogP contribution in [0.4, 0.5) is 0 Å². The fourth-order valence-corrected chi connectivity index (χ4v) is 3.33. The Bertz CT molecular complexity index is 765. The molecule has 1 aliphatic heterocycles. The maximum atomic E-state index is 12.8. The smallest absolute Gasteiger partial charge is 0.274 e. The van der Waals surface area contributed by atoms with E-state index < -0.39 is 0 Å². The highest BCUT2D eigenvalue weighted by Gasteiger charge is 2.34. The molecule has 0 bridgehead atoms. The lowest BCUT2D eigenvalue weighted by Gasteiger charge is -2.39. The van der Waals surface area contributed by atoms with Crippen LogP contribution >= 0.6 is 11.6 Å². The summed E-state index contributed by atoms with van der Waals surface area (Å²) in [5.74, 6) is 0.733. The topological polar surface area (TPSA) is 38.1 Å². The number of aromatic nitrogens is 2. The van der Waals surface area contributed by atoms with Crippen molar-refractivity contribution in [2.75, 3.05) is 13.1 Å². The predicted molar refractivity (Wildman–Crippen MR) is 101 cm³/mol. The van der Waals surface area contributed by atoms with Gasteiger partial charge in [0, 0.05) is 29.7 Å². The molecular weight excluding hydrogens is 334 g/mol. The Kier molecular flexibility index (Phi) is 4.67. The minimum absolute atomic E-state index is 0.0233. The number of hydrogen-bond donors (Lipinski definition) is 0. The van der Waals surface area contributed by atoms with Gasteiger partial charge in [0.05, 0.1) is 5.54 Å². The average molecular weight is 360 g/mol. The number of amides is 1. The van der Waals surface area contributed by atoms with Gasteiger partial charge in [0.2, 0.25) is 0 Å². The molecule has 2 aromatic rings. The van der Waals surface area contributed by atoms with Crippen molar-refractivity contribution in [1.82, 2.24) is 14.7 Å². The molecule has 25 heavy (non-hydrogen) atoms. The summed E-state index contributed by atoms with van der Waals surface area (Å²) >= 11 is 5.94. The molecule has 0 atom stereocenters. The molecule has 134 valence electrons. The third kappa shape index (κ3) is 3.59. The average Bonchev–Trinajstić information content (AvgIpc) is 2.93. The van der Waals surface area contributed by atoms with Crippen LogP contribution < -0.4 is 0 Å². The van der Waals surface area contributed by atoms with Crippen LogP contribution in [0, 0.1) is 0 Å². The van der Waals surface area contributed by atoms with Gasteiger partial charge in [-0.25, -0.2) is 0 Å². The first-order chi connectivity index (χ1) is 11.7. The first kappa shape index (κ1) is 18.0. The number of nitrogens with zero attached hydrogens (tertiary/aromatic N) is 3. The summed E-state index contributed by atoms with van der Waals surface area (Å²) in [5, 5.41) is 5.36. The van der Waals surface area contributed by atoms with Crippen LogP contribution in [0.25, 0.3) is 0 Å². The van der Waals surface area contributed by atoms with Gasteiger partial charge in [-0.1, -0.05) is 37.6 Å². The highest BCUT2D eigenvalue weighted by Crippen LogP contribution is 2.30. The summed E-state index contributed by atoms with van der Waals surface area (Å²) in [6, 6.07) is 9.84. The highest BCUT2D eigenvalue weighted by molar-refractivity contribution is 6.30. The maximum absolute atomic E-state index is 12.8. The van der Waals surface area contributed by atoms with Crippen LogP contribution in [0.1, 0.15) is 68.2 Å². The fourth-order valence-electron chi connectivity index (χ4n) is 3.20. The van der Waals surface area contributed by atoms with Crippen molar-refractivity contribution in [3.8, 4) is 0 Å². The van der Waals surface area contributed by atoms with E-state index in [1.807, 2.05) is 39.9 Å². The molecule has 1 saturated heterocycles. The summed E-state index contributed by atoms with van der Waals surface area (Å²) < 4.78 is 1.99. The Morgan fingerprint density at radius 3 is 2.28 bits per heavy atom. The number of hydrogen-bond acceptors (Lipinski definition) is 2. The lowest BCUT2D eigenvalue weighted by atomic mass is 9.91. The molecule has 1 fully saturated rings. The number of likely N-dealkylation sites (tertiary alicyclic amines) is 1. The number of carbonyl (C=O) groups is 1. The lowest BCUT2D eigenvalue weighted by Crippen LogP contribution is -2.48. The Morgan fingerprint density at radius 2 is 1.80 bits per heavy atom. The molecule has 1 aromatic carbocycles. The zero-order valence-electron chi connectivity index (χ0n) is 15.6. The second-order valence-corrected chi connectivity index (χ2v) is 8.59. The van der Waals surface area contributed by atoms with E-state index in [0.717, 1.165) is 23.8 Å².